The summed E-state index contributed by atoms with van der Waals surface area (Å²) in [6, 6.07) is 11.2. The molecule has 0 radical (unpaired) electrons. The minimum atomic E-state index is -0.702. The lowest BCUT2D eigenvalue weighted by Crippen LogP contribution is -1.93. The number of para-hydroxylation sites is 1. The summed E-state index contributed by atoms with van der Waals surface area (Å²) in [7, 11) is 0. The van der Waals surface area contributed by atoms with Crippen LogP contribution in [0.2, 0.25) is 5.02 Å². The minimum absolute atomic E-state index is 0.0398. The van der Waals surface area contributed by atoms with E-state index >= 15 is 0 Å². The Bertz CT molecular complexity index is 963. The number of fused-ring (bicyclic) bond motifs is 1. The van der Waals surface area contributed by atoms with Gasteiger partial charge in [0.25, 0.3) is 5.91 Å². The van der Waals surface area contributed by atoms with E-state index in [1.807, 2.05) is 6.92 Å². The number of azo groups is 1. The van der Waals surface area contributed by atoms with Crippen LogP contribution in [0.5, 0.6) is 11.6 Å². The average molecular weight is 344 g/mol. The predicted octanol–water partition coefficient (Wildman–Crippen LogP) is 4.65. The molecule has 2 N–H and O–H groups in total. The molecule has 3 rings (SSSR count). The molecule has 0 bridgehead atoms. The maximum Gasteiger partial charge on any atom is 0.299 e. The highest BCUT2D eigenvalue weighted by Gasteiger charge is 2.17. The maximum atomic E-state index is 12.1. The van der Waals surface area contributed by atoms with Crippen LogP contribution in [-0.4, -0.2) is 20.7 Å². The summed E-state index contributed by atoms with van der Waals surface area (Å²) in [5.41, 5.74) is 0.944. The Hall–Kier alpha value is -2.86. The minimum Gasteiger partial charge on any atom is -0.507 e. The van der Waals surface area contributed by atoms with Gasteiger partial charge in [-0.1, -0.05) is 23.7 Å². The van der Waals surface area contributed by atoms with Gasteiger partial charge in [0.2, 0.25) is 5.88 Å². The molecule has 122 valence electrons. The number of aryl methyl sites for hydroxylation is 1. The van der Waals surface area contributed by atoms with Crippen molar-refractivity contribution in [3.8, 4) is 11.6 Å². The average Bonchev–Trinajstić information content (AvgIpc) is 2.83. The van der Waals surface area contributed by atoms with E-state index in [0.29, 0.717) is 17.0 Å². The smallest absolute Gasteiger partial charge is 0.299 e. The summed E-state index contributed by atoms with van der Waals surface area (Å²) in [4.78, 5) is 12.1. The second-order valence-corrected chi connectivity index (χ2v) is 5.54. The van der Waals surface area contributed by atoms with Gasteiger partial charge in [0.15, 0.2) is 5.69 Å². The van der Waals surface area contributed by atoms with E-state index in [9.17, 15) is 15.0 Å². The summed E-state index contributed by atoms with van der Waals surface area (Å²) >= 11 is 6.01. The standard InChI is InChI=1S/C17H14ClN3O3/c1-2-21-13-8-7-10(18)9-12(13)15(17(21)24)19-20-16(23)11-5-3-4-6-14(11)22/h3-9,22,24H,2H2,1H3. The number of hydrogen-bond donors (Lipinski definition) is 2. The van der Waals surface area contributed by atoms with Crippen LogP contribution in [0.1, 0.15) is 17.3 Å². The number of amides is 1. The van der Waals surface area contributed by atoms with Gasteiger partial charge in [-0.3, -0.25) is 4.79 Å². The first-order chi connectivity index (χ1) is 11.5. The number of rotatable bonds is 3. The van der Waals surface area contributed by atoms with Crippen LogP contribution in [0.3, 0.4) is 0 Å². The Morgan fingerprint density at radius 3 is 2.67 bits per heavy atom. The monoisotopic (exact) mass is 343 g/mol. The molecule has 2 aromatic carbocycles. The SMILES string of the molecule is CCn1c(O)c(N=NC(=O)c2ccccc2O)c2cc(Cl)ccc21. The van der Waals surface area contributed by atoms with Crippen LogP contribution < -0.4 is 0 Å². The van der Waals surface area contributed by atoms with E-state index in [4.69, 9.17) is 11.6 Å². The number of aromatic hydroxyl groups is 2. The van der Waals surface area contributed by atoms with Crippen LogP contribution in [-0.2, 0) is 6.54 Å². The van der Waals surface area contributed by atoms with Gasteiger partial charge >= 0.3 is 0 Å². The molecule has 0 atom stereocenters. The number of carbonyl (C=O) groups is 1. The van der Waals surface area contributed by atoms with Gasteiger partial charge in [-0.15, -0.1) is 10.2 Å². The maximum absolute atomic E-state index is 12.1. The first-order valence-electron chi connectivity index (χ1n) is 7.27. The molecule has 1 heterocycles. The molecule has 0 unspecified atom stereocenters. The van der Waals surface area contributed by atoms with E-state index in [1.54, 1.807) is 34.9 Å². The van der Waals surface area contributed by atoms with E-state index < -0.39 is 5.91 Å². The number of phenolic OH excluding ortho intramolecular Hbond substituents is 1. The quantitative estimate of drug-likeness (QED) is 0.678. The van der Waals surface area contributed by atoms with Crippen LogP contribution in [0.4, 0.5) is 5.69 Å². The van der Waals surface area contributed by atoms with Gasteiger partial charge in [-0.05, 0) is 37.3 Å². The molecule has 3 aromatic rings. The number of aromatic nitrogens is 1. The zero-order valence-corrected chi connectivity index (χ0v) is 13.5. The van der Waals surface area contributed by atoms with Crippen LogP contribution in [0, 0.1) is 0 Å². The van der Waals surface area contributed by atoms with Crippen molar-refractivity contribution < 1.29 is 15.0 Å². The molecule has 0 saturated heterocycles. The Labute approximate surface area is 142 Å². The predicted molar refractivity (Wildman–Crippen MR) is 91.2 cm³/mol. The van der Waals surface area contributed by atoms with Crippen molar-refractivity contribution >= 4 is 34.1 Å². The first kappa shape index (κ1) is 16.0. The second-order valence-electron chi connectivity index (χ2n) is 5.10. The summed E-state index contributed by atoms with van der Waals surface area (Å²) in [5, 5.41) is 28.6. The van der Waals surface area contributed by atoms with Gasteiger partial charge in [0.1, 0.15) is 5.75 Å². The van der Waals surface area contributed by atoms with Crippen LogP contribution in [0.15, 0.2) is 52.7 Å². The molecular weight excluding hydrogens is 330 g/mol. The highest BCUT2D eigenvalue weighted by atomic mass is 35.5. The van der Waals surface area contributed by atoms with E-state index in [-0.39, 0.29) is 22.9 Å². The fraction of sp³-hybridized carbons (Fsp3) is 0.118. The first-order valence-corrected chi connectivity index (χ1v) is 7.65. The van der Waals surface area contributed by atoms with Crippen molar-refractivity contribution in [3.63, 3.8) is 0 Å². The molecule has 0 spiro atoms. The lowest BCUT2D eigenvalue weighted by molar-refractivity contribution is 0.0992. The van der Waals surface area contributed by atoms with Crippen molar-refractivity contribution in [2.24, 2.45) is 10.2 Å². The third-order valence-corrected chi connectivity index (χ3v) is 3.90. The molecule has 24 heavy (non-hydrogen) atoms. The summed E-state index contributed by atoms with van der Waals surface area (Å²) in [6.07, 6.45) is 0. The third kappa shape index (κ3) is 2.72. The van der Waals surface area contributed by atoms with Crippen LogP contribution >= 0.6 is 11.6 Å². The molecule has 0 aliphatic rings. The molecule has 0 fully saturated rings. The van der Waals surface area contributed by atoms with Crippen molar-refractivity contribution in [2.75, 3.05) is 0 Å². The summed E-state index contributed by atoms with van der Waals surface area (Å²) in [5.74, 6) is -0.972. The Balaban J connectivity index is 2.07. The van der Waals surface area contributed by atoms with Crippen molar-refractivity contribution in [1.29, 1.82) is 0 Å². The molecule has 0 aliphatic carbocycles. The molecule has 1 amide bonds. The van der Waals surface area contributed by atoms with Gasteiger partial charge in [-0.25, -0.2) is 0 Å². The number of carbonyl (C=O) groups excluding carboxylic acids is 1. The van der Waals surface area contributed by atoms with Crippen molar-refractivity contribution in [3.05, 3.63) is 53.1 Å². The lowest BCUT2D eigenvalue weighted by atomic mass is 10.2. The molecule has 0 saturated carbocycles. The molecule has 1 aromatic heterocycles. The number of nitrogens with zero attached hydrogens (tertiary/aromatic N) is 3. The number of halogens is 1. The number of benzene rings is 2. The third-order valence-electron chi connectivity index (χ3n) is 3.66. The fourth-order valence-corrected chi connectivity index (χ4v) is 2.69. The second kappa shape index (κ2) is 6.33. The Morgan fingerprint density at radius 2 is 1.96 bits per heavy atom. The topological polar surface area (TPSA) is 87.2 Å². The van der Waals surface area contributed by atoms with E-state index in [0.717, 1.165) is 5.52 Å². The molecular formula is C17H14ClN3O3. The van der Waals surface area contributed by atoms with Crippen LogP contribution in [0.25, 0.3) is 10.9 Å². The zero-order valence-electron chi connectivity index (χ0n) is 12.8. The fourth-order valence-electron chi connectivity index (χ4n) is 2.52. The largest absolute Gasteiger partial charge is 0.507 e. The zero-order chi connectivity index (χ0) is 17.3. The number of hydrogen-bond acceptors (Lipinski definition) is 4. The van der Waals surface area contributed by atoms with Gasteiger partial charge in [-0.2, -0.15) is 0 Å². The van der Waals surface area contributed by atoms with Crippen molar-refractivity contribution in [2.45, 2.75) is 13.5 Å². The molecule has 0 aliphatic heterocycles. The Morgan fingerprint density at radius 1 is 1.21 bits per heavy atom. The Kier molecular flexibility index (Phi) is 4.22. The summed E-state index contributed by atoms with van der Waals surface area (Å²) in [6.45, 7) is 2.40. The van der Waals surface area contributed by atoms with Gasteiger partial charge in [0.05, 0.1) is 11.1 Å². The van der Waals surface area contributed by atoms with E-state index in [2.05, 4.69) is 10.2 Å². The molecule has 7 heteroatoms. The highest BCUT2D eigenvalue weighted by Crippen LogP contribution is 2.40. The molecule has 6 nitrogen and oxygen atoms in total. The van der Waals surface area contributed by atoms with Gasteiger partial charge < -0.3 is 14.8 Å². The lowest BCUT2D eigenvalue weighted by Gasteiger charge is -2.01. The van der Waals surface area contributed by atoms with Crippen molar-refractivity contribution in [1.82, 2.24) is 4.57 Å². The number of phenols is 1. The normalized spacial score (nSPS) is 11.4. The van der Waals surface area contributed by atoms with Gasteiger partial charge in [0, 0.05) is 17.0 Å². The summed E-state index contributed by atoms with van der Waals surface area (Å²) < 4.78 is 1.64. The highest BCUT2D eigenvalue weighted by molar-refractivity contribution is 6.31. The van der Waals surface area contributed by atoms with E-state index in [1.165, 1.54) is 12.1 Å².